The highest BCUT2D eigenvalue weighted by molar-refractivity contribution is 7.98. The van der Waals surface area contributed by atoms with E-state index in [1.165, 1.54) is 18.5 Å². The van der Waals surface area contributed by atoms with Crippen LogP contribution in [0.4, 0.5) is 20.7 Å². The van der Waals surface area contributed by atoms with Crippen molar-refractivity contribution in [2.75, 3.05) is 23.9 Å². The molecule has 40 heavy (non-hydrogen) atoms. The minimum atomic E-state index is -0.322. The number of pyridine rings is 1. The lowest BCUT2D eigenvalue weighted by Gasteiger charge is -2.11. The zero-order valence-electron chi connectivity index (χ0n) is 21.6. The summed E-state index contributed by atoms with van der Waals surface area (Å²) >= 11 is 8.09. The van der Waals surface area contributed by atoms with Gasteiger partial charge in [0.05, 0.1) is 22.8 Å². The number of carbonyl (C=O) groups excluding carboxylic acids is 1. The second-order valence-corrected chi connectivity index (χ2v) is 9.73. The van der Waals surface area contributed by atoms with E-state index in [2.05, 4.69) is 42.7 Å². The number of aromatic nitrogens is 3. The van der Waals surface area contributed by atoms with E-state index in [1.807, 2.05) is 18.4 Å². The molecule has 3 N–H and O–H groups in total. The Labute approximate surface area is 241 Å². The highest BCUT2D eigenvalue weighted by atomic mass is 35.5. The summed E-state index contributed by atoms with van der Waals surface area (Å²) in [5.41, 5.74) is 3.16. The minimum Gasteiger partial charge on any atom is -0.487 e. The molecule has 0 aliphatic rings. The fourth-order valence-electron chi connectivity index (χ4n) is 3.42. The number of halogens is 2. The Morgan fingerprint density at radius 1 is 1.10 bits per heavy atom. The first-order valence-electron chi connectivity index (χ1n) is 12.2. The van der Waals surface area contributed by atoms with E-state index in [9.17, 15) is 9.18 Å². The quantitative estimate of drug-likeness (QED) is 0.168. The molecular formula is C29H26ClFN6O2S. The number of urea groups is 1. The second-order valence-electron chi connectivity index (χ2n) is 8.34. The zero-order valence-corrected chi connectivity index (χ0v) is 23.2. The number of benzene rings is 2. The van der Waals surface area contributed by atoms with E-state index in [-0.39, 0.29) is 25.0 Å². The van der Waals surface area contributed by atoms with Crippen molar-refractivity contribution in [1.29, 1.82) is 0 Å². The van der Waals surface area contributed by atoms with Gasteiger partial charge in [0.1, 0.15) is 36.0 Å². The fourth-order valence-corrected chi connectivity index (χ4v) is 3.96. The predicted octanol–water partition coefficient (Wildman–Crippen LogP) is 5.55. The van der Waals surface area contributed by atoms with Gasteiger partial charge in [-0.1, -0.05) is 35.7 Å². The van der Waals surface area contributed by atoms with E-state index in [1.54, 1.807) is 54.4 Å². The van der Waals surface area contributed by atoms with Crippen LogP contribution in [-0.4, -0.2) is 39.5 Å². The Morgan fingerprint density at radius 3 is 2.80 bits per heavy atom. The standard InChI is InChI=1S/C29H26ClFN6O2S/c1-40-13-12-33-29(38)34-17-25-7-3-6-23(36-25)9-8-21-16-32-19-35-28(21)37-24-10-11-27(26(30)15-24)39-18-20-4-2-5-22(31)14-20/h2-7,10-11,14-16,19H,12-13,17-18H2,1H3,(H,32,35,37)(H2,33,34,38). The van der Waals surface area contributed by atoms with E-state index in [4.69, 9.17) is 16.3 Å². The van der Waals surface area contributed by atoms with E-state index >= 15 is 0 Å². The van der Waals surface area contributed by atoms with Gasteiger partial charge in [0.15, 0.2) is 0 Å². The summed E-state index contributed by atoms with van der Waals surface area (Å²) in [5, 5.41) is 9.16. The van der Waals surface area contributed by atoms with Crippen LogP contribution < -0.4 is 20.7 Å². The lowest BCUT2D eigenvalue weighted by molar-refractivity contribution is 0.241. The van der Waals surface area contributed by atoms with E-state index < -0.39 is 0 Å². The summed E-state index contributed by atoms with van der Waals surface area (Å²) in [7, 11) is 0. The Kier molecular flexibility index (Phi) is 10.6. The largest absolute Gasteiger partial charge is 0.487 e. The van der Waals surface area contributed by atoms with Crippen LogP contribution in [0.15, 0.2) is 73.2 Å². The normalized spacial score (nSPS) is 10.3. The maximum atomic E-state index is 13.4. The molecule has 11 heteroatoms. The van der Waals surface area contributed by atoms with Gasteiger partial charge in [-0.25, -0.2) is 24.1 Å². The summed E-state index contributed by atoms with van der Waals surface area (Å²) in [5.74, 6) is 7.57. The number of nitrogens with one attached hydrogen (secondary N) is 3. The van der Waals surface area contributed by atoms with Gasteiger partial charge in [0.25, 0.3) is 0 Å². The Morgan fingerprint density at radius 2 is 1.98 bits per heavy atom. The molecule has 0 aliphatic carbocycles. The molecule has 2 heterocycles. The van der Waals surface area contributed by atoms with Crippen molar-refractivity contribution in [1.82, 2.24) is 25.6 Å². The molecule has 0 saturated carbocycles. The third kappa shape index (κ3) is 8.86. The molecule has 0 spiro atoms. The van der Waals surface area contributed by atoms with Crippen molar-refractivity contribution in [2.45, 2.75) is 13.2 Å². The monoisotopic (exact) mass is 576 g/mol. The van der Waals surface area contributed by atoms with Crippen molar-refractivity contribution in [3.63, 3.8) is 0 Å². The van der Waals surface area contributed by atoms with Crippen LogP contribution in [-0.2, 0) is 13.2 Å². The number of hydrogen-bond donors (Lipinski definition) is 3. The highest BCUT2D eigenvalue weighted by Crippen LogP contribution is 2.30. The van der Waals surface area contributed by atoms with E-state index in [0.29, 0.717) is 51.3 Å². The Bertz CT molecular complexity index is 1530. The van der Waals surface area contributed by atoms with Gasteiger partial charge in [-0.15, -0.1) is 0 Å². The number of amides is 2. The molecule has 8 nitrogen and oxygen atoms in total. The first-order valence-corrected chi connectivity index (χ1v) is 14.0. The molecule has 4 rings (SSSR count). The first kappa shape index (κ1) is 28.7. The zero-order chi connectivity index (χ0) is 28.2. The van der Waals surface area contributed by atoms with Crippen LogP contribution in [0.2, 0.25) is 5.02 Å². The molecule has 0 atom stereocenters. The van der Waals surface area contributed by atoms with Crippen molar-refractivity contribution < 1.29 is 13.9 Å². The molecule has 204 valence electrons. The number of thioether (sulfide) groups is 1. The smallest absolute Gasteiger partial charge is 0.315 e. The molecule has 0 unspecified atom stereocenters. The minimum absolute atomic E-state index is 0.187. The van der Waals surface area contributed by atoms with Gasteiger partial charge in [-0.2, -0.15) is 11.8 Å². The maximum absolute atomic E-state index is 13.4. The topological polar surface area (TPSA) is 101 Å². The molecule has 4 aromatic rings. The molecule has 0 fully saturated rings. The van der Waals surface area contributed by atoms with Crippen molar-refractivity contribution in [3.8, 4) is 17.6 Å². The van der Waals surface area contributed by atoms with Gasteiger partial charge in [-0.3, -0.25) is 0 Å². The third-order valence-corrected chi connectivity index (χ3v) is 6.25. The Balaban J connectivity index is 1.39. The van der Waals surface area contributed by atoms with Crippen molar-refractivity contribution in [3.05, 3.63) is 107 Å². The van der Waals surface area contributed by atoms with Gasteiger partial charge < -0.3 is 20.7 Å². The van der Waals surface area contributed by atoms with Crippen LogP contribution in [0.25, 0.3) is 0 Å². The summed E-state index contributed by atoms with van der Waals surface area (Å²) in [6, 6.07) is 16.6. The number of hydrogen-bond acceptors (Lipinski definition) is 7. The van der Waals surface area contributed by atoms with Crippen LogP contribution in [0, 0.1) is 17.7 Å². The molecule has 0 radical (unpaired) electrons. The number of carbonyl (C=O) groups is 1. The summed E-state index contributed by atoms with van der Waals surface area (Å²) < 4.78 is 19.2. The lowest BCUT2D eigenvalue weighted by Crippen LogP contribution is -2.36. The average molecular weight is 577 g/mol. The molecule has 2 amide bonds. The summed E-state index contributed by atoms with van der Waals surface area (Å²) in [6.45, 7) is 1.07. The van der Waals surface area contributed by atoms with Gasteiger partial charge in [0.2, 0.25) is 0 Å². The average Bonchev–Trinajstić information content (AvgIpc) is 2.96. The number of rotatable bonds is 10. The van der Waals surface area contributed by atoms with Crippen molar-refractivity contribution >= 4 is 40.9 Å². The van der Waals surface area contributed by atoms with Gasteiger partial charge in [-0.05, 0) is 60.2 Å². The maximum Gasteiger partial charge on any atom is 0.315 e. The Hall–Kier alpha value is -4.33. The molecular weight excluding hydrogens is 551 g/mol. The number of nitrogens with zero attached hydrogens (tertiary/aromatic N) is 3. The molecule has 2 aromatic heterocycles. The van der Waals surface area contributed by atoms with Gasteiger partial charge in [0, 0.05) is 24.2 Å². The second kappa shape index (κ2) is 14.7. The van der Waals surface area contributed by atoms with E-state index in [0.717, 1.165) is 5.75 Å². The number of anilines is 2. The van der Waals surface area contributed by atoms with Gasteiger partial charge >= 0.3 is 6.03 Å². The molecule has 2 aromatic carbocycles. The first-order chi connectivity index (χ1) is 19.5. The van der Waals surface area contributed by atoms with Crippen molar-refractivity contribution in [2.24, 2.45) is 0 Å². The molecule has 0 aliphatic heterocycles. The lowest BCUT2D eigenvalue weighted by atomic mass is 10.2. The van der Waals surface area contributed by atoms with Crippen LogP contribution in [0.1, 0.15) is 22.5 Å². The fraction of sp³-hybridized carbons (Fsp3) is 0.172. The van der Waals surface area contributed by atoms with Crippen LogP contribution in [0.3, 0.4) is 0 Å². The number of ether oxygens (including phenoxy) is 1. The summed E-state index contributed by atoms with van der Waals surface area (Å²) in [6.07, 6.45) is 5.00. The summed E-state index contributed by atoms with van der Waals surface area (Å²) in [4.78, 5) is 24.8. The molecule has 0 saturated heterocycles. The SMILES string of the molecule is CSCCNC(=O)NCc1cccc(C#Cc2cncnc2Nc2ccc(OCc3cccc(F)c3)c(Cl)c2)n1. The molecule has 0 bridgehead atoms. The highest BCUT2D eigenvalue weighted by Gasteiger charge is 2.08. The van der Waals surface area contributed by atoms with Crippen LogP contribution in [0.5, 0.6) is 5.75 Å². The predicted molar refractivity (Wildman–Crippen MR) is 156 cm³/mol. The third-order valence-electron chi connectivity index (χ3n) is 5.34. The van der Waals surface area contributed by atoms with Crippen LogP contribution >= 0.6 is 23.4 Å².